The fourth-order valence-electron chi connectivity index (χ4n) is 3.31. The number of aryl methyl sites for hydroxylation is 3. The van der Waals surface area contributed by atoms with E-state index in [9.17, 15) is 4.79 Å². The second-order valence-electron chi connectivity index (χ2n) is 6.68. The third kappa shape index (κ3) is 3.28. The predicted octanol–water partition coefficient (Wildman–Crippen LogP) is 2.92. The van der Waals surface area contributed by atoms with Crippen LogP contribution in [-0.4, -0.2) is 31.5 Å². The largest absolute Gasteiger partial charge is 0.480 e. The molecule has 0 saturated carbocycles. The van der Waals surface area contributed by atoms with E-state index in [1.54, 1.807) is 12.4 Å². The normalized spacial score (nSPS) is 15.7. The zero-order valence-corrected chi connectivity index (χ0v) is 15.6. The van der Waals surface area contributed by atoms with Gasteiger partial charge >= 0.3 is 0 Å². The molecular formula is C20H21N5O2. The van der Waals surface area contributed by atoms with Crippen LogP contribution in [0, 0.1) is 20.8 Å². The van der Waals surface area contributed by atoms with E-state index in [0.717, 1.165) is 34.9 Å². The molecular weight excluding hydrogens is 342 g/mol. The van der Waals surface area contributed by atoms with Gasteiger partial charge in [0.25, 0.3) is 5.91 Å². The molecule has 27 heavy (non-hydrogen) atoms. The molecule has 7 nitrogen and oxygen atoms in total. The van der Waals surface area contributed by atoms with Crippen molar-refractivity contribution in [2.24, 2.45) is 0 Å². The number of hydrogen-bond acceptors (Lipinski definition) is 5. The molecule has 0 saturated heterocycles. The van der Waals surface area contributed by atoms with E-state index in [4.69, 9.17) is 4.74 Å². The number of ether oxygens (including phenoxy) is 1. The molecule has 1 unspecified atom stereocenters. The van der Waals surface area contributed by atoms with E-state index < -0.39 is 6.10 Å². The second-order valence-corrected chi connectivity index (χ2v) is 6.68. The highest BCUT2D eigenvalue weighted by Gasteiger charge is 2.26. The first-order chi connectivity index (χ1) is 13.0. The van der Waals surface area contributed by atoms with Crippen LogP contribution < -0.4 is 10.1 Å². The average molecular weight is 363 g/mol. The van der Waals surface area contributed by atoms with Crippen LogP contribution in [0.4, 0.5) is 5.69 Å². The highest BCUT2D eigenvalue weighted by atomic mass is 16.5. The molecule has 2 aromatic heterocycles. The molecule has 0 spiro atoms. The third-order valence-corrected chi connectivity index (χ3v) is 4.83. The molecule has 0 fully saturated rings. The van der Waals surface area contributed by atoms with Gasteiger partial charge in [-0.2, -0.15) is 0 Å². The van der Waals surface area contributed by atoms with Crippen molar-refractivity contribution in [1.29, 1.82) is 0 Å². The molecule has 138 valence electrons. The van der Waals surface area contributed by atoms with Gasteiger partial charge in [-0.15, -0.1) is 0 Å². The van der Waals surface area contributed by atoms with Gasteiger partial charge in [-0.1, -0.05) is 18.2 Å². The van der Waals surface area contributed by atoms with Gasteiger partial charge in [0.15, 0.2) is 6.10 Å². The molecule has 1 aliphatic heterocycles. The van der Waals surface area contributed by atoms with Gasteiger partial charge in [0, 0.05) is 5.69 Å². The van der Waals surface area contributed by atoms with E-state index in [-0.39, 0.29) is 5.91 Å². The third-order valence-electron chi connectivity index (χ3n) is 4.83. The molecule has 0 aliphatic carbocycles. The van der Waals surface area contributed by atoms with Crippen molar-refractivity contribution in [3.63, 3.8) is 0 Å². The Morgan fingerprint density at radius 1 is 1.19 bits per heavy atom. The number of nitrogens with one attached hydrogen (secondary N) is 1. The molecule has 1 amide bonds. The van der Waals surface area contributed by atoms with Crippen LogP contribution in [0.3, 0.4) is 0 Å². The molecule has 3 heterocycles. The molecule has 0 bridgehead atoms. The van der Waals surface area contributed by atoms with Crippen LogP contribution in [0.25, 0.3) is 5.95 Å². The van der Waals surface area contributed by atoms with Gasteiger partial charge < -0.3 is 10.1 Å². The summed E-state index contributed by atoms with van der Waals surface area (Å²) in [6.07, 6.45) is 4.16. The van der Waals surface area contributed by atoms with Crippen LogP contribution >= 0.6 is 0 Å². The van der Waals surface area contributed by atoms with Crippen LogP contribution in [0.1, 0.15) is 29.2 Å². The Morgan fingerprint density at radius 2 is 1.93 bits per heavy atom. The summed E-state index contributed by atoms with van der Waals surface area (Å²) in [6, 6.07) is 7.81. The Bertz CT molecular complexity index is 994. The summed E-state index contributed by atoms with van der Waals surface area (Å²) in [6.45, 7) is 5.85. The quantitative estimate of drug-likeness (QED) is 0.774. The summed E-state index contributed by atoms with van der Waals surface area (Å²) in [5.74, 6) is 1.95. The van der Waals surface area contributed by atoms with Crippen molar-refractivity contribution >= 4 is 11.6 Å². The first-order valence-electron chi connectivity index (χ1n) is 8.93. The lowest BCUT2D eigenvalue weighted by molar-refractivity contribution is -0.123. The molecule has 1 atom stereocenters. The number of carbonyl (C=O) groups is 1. The highest BCUT2D eigenvalue weighted by Crippen LogP contribution is 2.27. The van der Waals surface area contributed by atoms with E-state index in [1.807, 2.05) is 49.6 Å². The topological polar surface area (TPSA) is 81.9 Å². The van der Waals surface area contributed by atoms with E-state index in [0.29, 0.717) is 18.1 Å². The Hall–Kier alpha value is -3.22. The number of para-hydroxylation sites is 1. The number of anilines is 1. The van der Waals surface area contributed by atoms with Crippen LogP contribution in [0.15, 0.2) is 36.7 Å². The van der Waals surface area contributed by atoms with Gasteiger partial charge in [0.1, 0.15) is 11.6 Å². The number of hydrogen-bond donors (Lipinski definition) is 1. The van der Waals surface area contributed by atoms with Crippen molar-refractivity contribution in [3.05, 3.63) is 59.4 Å². The molecule has 3 aromatic rings. The van der Waals surface area contributed by atoms with E-state index in [2.05, 4.69) is 20.3 Å². The zero-order valence-electron chi connectivity index (χ0n) is 15.6. The van der Waals surface area contributed by atoms with Crippen LogP contribution in [-0.2, 0) is 11.2 Å². The number of amides is 1. The second kappa shape index (κ2) is 6.83. The number of rotatable bonds is 3. The molecule has 1 aromatic carbocycles. The van der Waals surface area contributed by atoms with Gasteiger partial charge in [0.2, 0.25) is 5.95 Å². The Morgan fingerprint density at radius 3 is 2.63 bits per heavy atom. The lowest BCUT2D eigenvalue weighted by Gasteiger charge is -2.25. The number of aromatic nitrogens is 4. The molecule has 0 radical (unpaired) electrons. The molecule has 7 heteroatoms. The minimum atomic E-state index is -0.514. The van der Waals surface area contributed by atoms with Crippen molar-refractivity contribution < 1.29 is 9.53 Å². The van der Waals surface area contributed by atoms with E-state index >= 15 is 0 Å². The summed E-state index contributed by atoms with van der Waals surface area (Å²) in [4.78, 5) is 25.7. The maximum Gasteiger partial charge on any atom is 0.265 e. The fourth-order valence-corrected chi connectivity index (χ4v) is 3.31. The first kappa shape index (κ1) is 17.2. The predicted molar refractivity (Wildman–Crippen MR) is 101 cm³/mol. The molecule has 4 rings (SSSR count). The highest BCUT2D eigenvalue weighted by molar-refractivity contribution is 5.94. The number of imidazole rings is 1. The fraction of sp³-hybridized carbons (Fsp3) is 0.300. The van der Waals surface area contributed by atoms with Gasteiger partial charge in [0.05, 0.1) is 23.8 Å². The smallest absolute Gasteiger partial charge is 0.265 e. The molecule has 1 aliphatic rings. The van der Waals surface area contributed by atoms with Crippen molar-refractivity contribution in [2.75, 3.05) is 5.32 Å². The maximum absolute atomic E-state index is 12.5. The standard InChI is InChI=1S/C20H21N5O2/c1-12-13(2)25(14(3)23-12)20-21-10-16(11-22-20)24-19(26)18-9-8-15-6-4-5-7-17(15)27-18/h4-7,10-11,18H,8-9H2,1-3H3,(H,24,26). The lowest BCUT2D eigenvalue weighted by atomic mass is 10.0. The summed E-state index contributed by atoms with van der Waals surface area (Å²) in [5.41, 5.74) is 3.62. The Balaban J connectivity index is 1.47. The summed E-state index contributed by atoms with van der Waals surface area (Å²) < 4.78 is 7.72. The minimum Gasteiger partial charge on any atom is -0.480 e. The number of carbonyl (C=O) groups excluding carboxylic acids is 1. The maximum atomic E-state index is 12.5. The molecule has 1 N–H and O–H groups in total. The van der Waals surface area contributed by atoms with Crippen LogP contribution in [0.2, 0.25) is 0 Å². The summed E-state index contributed by atoms with van der Waals surface area (Å²) >= 11 is 0. The first-order valence-corrected chi connectivity index (χ1v) is 8.93. The average Bonchev–Trinajstić information content (AvgIpc) is 2.94. The summed E-state index contributed by atoms with van der Waals surface area (Å²) in [5, 5.41) is 2.84. The minimum absolute atomic E-state index is 0.188. The van der Waals surface area contributed by atoms with Gasteiger partial charge in [-0.3, -0.25) is 9.36 Å². The number of benzene rings is 1. The van der Waals surface area contributed by atoms with Crippen LogP contribution in [0.5, 0.6) is 5.75 Å². The van der Waals surface area contributed by atoms with Gasteiger partial charge in [-0.05, 0) is 45.2 Å². The van der Waals surface area contributed by atoms with Crippen molar-refractivity contribution in [2.45, 2.75) is 39.7 Å². The SMILES string of the molecule is Cc1nc(C)n(-c2ncc(NC(=O)C3CCc4ccccc4O3)cn2)c1C. The van der Waals surface area contributed by atoms with Crippen molar-refractivity contribution in [1.82, 2.24) is 19.5 Å². The monoisotopic (exact) mass is 363 g/mol. The summed E-state index contributed by atoms with van der Waals surface area (Å²) in [7, 11) is 0. The lowest BCUT2D eigenvalue weighted by Crippen LogP contribution is -2.35. The van der Waals surface area contributed by atoms with Gasteiger partial charge in [-0.25, -0.2) is 15.0 Å². The Labute approximate surface area is 157 Å². The number of nitrogens with zero attached hydrogens (tertiary/aromatic N) is 4. The Kier molecular flexibility index (Phi) is 4.35. The van der Waals surface area contributed by atoms with Crippen molar-refractivity contribution in [3.8, 4) is 11.7 Å². The zero-order chi connectivity index (χ0) is 19.0. The van der Waals surface area contributed by atoms with E-state index in [1.165, 1.54) is 0 Å². The number of fused-ring (bicyclic) bond motifs is 1.